The van der Waals surface area contributed by atoms with Gasteiger partial charge in [0, 0.05) is 12.6 Å². The molecular formula is C13H18ClN3O2. The van der Waals surface area contributed by atoms with Crippen molar-refractivity contribution in [1.29, 1.82) is 0 Å². The van der Waals surface area contributed by atoms with Crippen LogP contribution in [0.15, 0.2) is 22.6 Å². The molecule has 1 unspecified atom stereocenters. The highest BCUT2D eigenvalue weighted by atomic mass is 35.5. The largest absolute Gasteiger partial charge is 0.441 e. The Morgan fingerprint density at radius 3 is 2.95 bits per heavy atom. The molecule has 1 amide bonds. The third-order valence-corrected chi connectivity index (χ3v) is 2.70. The van der Waals surface area contributed by atoms with Crippen molar-refractivity contribution in [2.75, 3.05) is 5.32 Å². The molecule has 19 heavy (non-hydrogen) atoms. The summed E-state index contributed by atoms with van der Waals surface area (Å²) in [5.41, 5.74) is 7.88. The molecule has 0 saturated heterocycles. The molecule has 5 nitrogen and oxygen atoms in total. The Bertz CT molecular complexity index is 568. The Balaban J connectivity index is 0.00000180. The van der Waals surface area contributed by atoms with Crippen LogP contribution in [0.5, 0.6) is 0 Å². The van der Waals surface area contributed by atoms with E-state index in [4.69, 9.17) is 10.2 Å². The van der Waals surface area contributed by atoms with Crippen LogP contribution < -0.4 is 11.1 Å². The van der Waals surface area contributed by atoms with Crippen LogP contribution in [0, 0.1) is 6.92 Å². The monoisotopic (exact) mass is 283 g/mol. The average Bonchev–Trinajstić information content (AvgIpc) is 2.68. The van der Waals surface area contributed by atoms with E-state index in [1.165, 1.54) is 0 Å². The fourth-order valence-corrected chi connectivity index (χ4v) is 1.80. The predicted molar refractivity (Wildman–Crippen MR) is 77.5 cm³/mol. The van der Waals surface area contributed by atoms with E-state index in [9.17, 15) is 4.79 Å². The van der Waals surface area contributed by atoms with Gasteiger partial charge in [0.1, 0.15) is 5.52 Å². The number of benzene rings is 1. The number of carbonyl (C=O) groups excluding carboxylic acids is 1. The number of fused-ring (bicyclic) bond motifs is 1. The van der Waals surface area contributed by atoms with Gasteiger partial charge in [-0.1, -0.05) is 13.3 Å². The molecule has 1 aromatic heterocycles. The number of carbonyl (C=O) groups is 1. The molecule has 0 saturated carbocycles. The number of halogens is 1. The Labute approximate surface area is 118 Å². The van der Waals surface area contributed by atoms with Crippen molar-refractivity contribution in [3.8, 4) is 0 Å². The smallest absolute Gasteiger partial charge is 0.241 e. The van der Waals surface area contributed by atoms with Gasteiger partial charge >= 0.3 is 0 Å². The Morgan fingerprint density at radius 1 is 1.53 bits per heavy atom. The molecule has 0 aliphatic rings. The number of aryl methyl sites for hydroxylation is 1. The van der Waals surface area contributed by atoms with Gasteiger partial charge in [0.05, 0.1) is 6.04 Å². The van der Waals surface area contributed by atoms with E-state index in [1.54, 1.807) is 25.1 Å². The maximum absolute atomic E-state index is 11.8. The van der Waals surface area contributed by atoms with Gasteiger partial charge in [0.15, 0.2) is 11.5 Å². The predicted octanol–water partition coefficient (Wildman–Crippen LogP) is 2.62. The van der Waals surface area contributed by atoms with Crippen LogP contribution >= 0.6 is 12.4 Å². The molecule has 2 rings (SSSR count). The Morgan fingerprint density at radius 2 is 2.26 bits per heavy atom. The molecular weight excluding hydrogens is 266 g/mol. The SMILES string of the molecule is CCCC(N)C(=O)Nc1ccc2oc(C)nc2c1.Cl. The summed E-state index contributed by atoms with van der Waals surface area (Å²) in [6, 6.07) is 4.88. The molecule has 0 aliphatic carbocycles. The number of nitrogens with two attached hydrogens (primary N) is 1. The second kappa shape index (κ2) is 6.54. The van der Waals surface area contributed by atoms with Gasteiger partial charge in [-0.05, 0) is 24.6 Å². The van der Waals surface area contributed by atoms with E-state index in [0.717, 1.165) is 11.9 Å². The van der Waals surface area contributed by atoms with Crippen molar-refractivity contribution >= 4 is 35.1 Å². The van der Waals surface area contributed by atoms with Crippen molar-refractivity contribution in [1.82, 2.24) is 4.98 Å². The number of hydrogen-bond acceptors (Lipinski definition) is 4. The zero-order valence-electron chi connectivity index (χ0n) is 11.0. The third kappa shape index (κ3) is 3.68. The van der Waals surface area contributed by atoms with E-state index in [1.807, 2.05) is 6.92 Å². The molecule has 6 heteroatoms. The fraction of sp³-hybridized carbons (Fsp3) is 0.385. The number of oxazole rings is 1. The molecule has 0 aliphatic heterocycles. The fourth-order valence-electron chi connectivity index (χ4n) is 1.80. The average molecular weight is 284 g/mol. The molecule has 0 radical (unpaired) electrons. The quantitative estimate of drug-likeness (QED) is 0.904. The van der Waals surface area contributed by atoms with E-state index in [2.05, 4.69) is 10.3 Å². The highest BCUT2D eigenvalue weighted by Crippen LogP contribution is 2.19. The lowest BCUT2D eigenvalue weighted by Gasteiger charge is -2.10. The summed E-state index contributed by atoms with van der Waals surface area (Å²) in [5, 5.41) is 2.78. The third-order valence-electron chi connectivity index (χ3n) is 2.70. The minimum absolute atomic E-state index is 0. The van der Waals surface area contributed by atoms with Gasteiger partial charge in [-0.2, -0.15) is 0 Å². The van der Waals surface area contributed by atoms with E-state index >= 15 is 0 Å². The lowest BCUT2D eigenvalue weighted by molar-refractivity contribution is -0.117. The van der Waals surface area contributed by atoms with Crippen LogP contribution in [-0.2, 0) is 4.79 Å². The van der Waals surface area contributed by atoms with Crippen LogP contribution in [0.25, 0.3) is 11.1 Å². The number of amides is 1. The lowest BCUT2D eigenvalue weighted by Crippen LogP contribution is -2.35. The summed E-state index contributed by atoms with van der Waals surface area (Å²) in [5.74, 6) is 0.438. The van der Waals surface area contributed by atoms with Crippen LogP contribution in [0.1, 0.15) is 25.7 Å². The van der Waals surface area contributed by atoms with Crippen molar-refractivity contribution in [2.24, 2.45) is 5.73 Å². The molecule has 1 atom stereocenters. The topological polar surface area (TPSA) is 81.2 Å². The first-order chi connectivity index (χ1) is 8.60. The summed E-state index contributed by atoms with van der Waals surface area (Å²) in [4.78, 5) is 16.0. The molecule has 2 aromatic rings. The van der Waals surface area contributed by atoms with Gasteiger partial charge in [0.2, 0.25) is 5.91 Å². The highest BCUT2D eigenvalue weighted by Gasteiger charge is 2.13. The van der Waals surface area contributed by atoms with E-state index in [0.29, 0.717) is 23.6 Å². The standard InChI is InChI=1S/C13H17N3O2.ClH/c1-3-4-10(14)13(17)16-9-5-6-12-11(7-9)15-8(2)18-12;/h5-7,10H,3-4,14H2,1-2H3,(H,16,17);1H. The van der Waals surface area contributed by atoms with Gasteiger partial charge in [0.25, 0.3) is 0 Å². The molecule has 104 valence electrons. The van der Waals surface area contributed by atoms with Gasteiger partial charge in [-0.3, -0.25) is 4.79 Å². The van der Waals surface area contributed by atoms with Crippen molar-refractivity contribution < 1.29 is 9.21 Å². The second-order valence-corrected chi connectivity index (χ2v) is 4.30. The number of rotatable bonds is 4. The van der Waals surface area contributed by atoms with Crippen molar-refractivity contribution in [2.45, 2.75) is 32.7 Å². The highest BCUT2D eigenvalue weighted by molar-refractivity contribution is 5.96. The molecule has 3 N–H and O–H groups in total. The number of nitrogens with zero attached hydrogens (tertiary/aromatic N) is 1. The normalized spacial score (nSPS) is 11.9. The summed E-state index contributed by atoms with van der Waals surface area (Å²) < 4.78 is 5.37. The number of anilines is 1. The molecule has 0 spiro atoms. The first-order valence-electron chi connectivity index (χ1n) is 6.03. The van der Waals surface area contributed by atoms with Gasteiger partial charge < -0.3 is 15.5 Å². The molecule has 0 fully saturated rings. The minimum atomic E-state index is -0.468. The lowest BCUT2D eigenvalue weighted by atomic mass is 10.1. The molecule has 0 bridgehead atoms. The van der Waals surface area contributed by atoms with Crippen molar-refractivity contribution in [3.05, 3.63) is 24.1 Å². The van der Waals surface area contributed by atoms with Crippen molar-refractivity contribution in [3.63, 3.8) is 0 Å². The number of aromatic nitrogens is 1. The zero-order valence-corrected chi connectivity index (χ0v) is 11.8. The first-order valence-corrected chi connectivity index (χ1v) is 6.03. The summed E-state index contributed by atoms with van der Waals surface area (Å²) >= 11 is 0. The zero-order chi connectivity index (χ0) is 13.1. The molecule has 1 heterocycles. The number of nitrogens with one attached hydrogen (secondary N) is 1. The first kappa shape index (κ1) is 15.5. The van der Waals surface area contributed by atoms with Crippen LogP contribution in [-0.4, -0.2) is 16.9 Å². The van der Waals surface area contributed by atoms with Gasteiger partial charge in [-0.15, -0.1) is 12.4 Å². The van der Waals surface area contributed by atoms with Gasteiger partial charge in [-0.25, -0.2) is 4.98 Å². The Hall–Kier alpha value is -1.59. The van der Waals surface area contributed by atoms with Crippen LogP contribution in [0.4, 0.5) is 5.69 Å². The second-order valence-electron chi connectivity index (χ2n) is 4.30. The van der Waals surface area contributed by atoms with Crippen LogP contribution in [0.2, 0.25) is 0 Å². The number of hydrogen-bond donors (Lipinski definition) is 2. The van der Waals surface area contributed by atoms with E-state index in [-0.39, 0.29) is 18.3 Å². The Kier molecular flexibility index (Phi) is 5.32. The maximum atomic E-state index is 11.8. The van der Waals surface area contributed by atoms with Crippen LogP contribution in [0.3, 0.4) is 0 Å². The molecule has 1 aromatic carbocycles. The maximum Gasteiger partial charge on any atom is 0.241 e. The minimum Gasteiger partial charge on any atom is -0.441 e. The summed E-state index contributed by atoms with van der Waals surface area (Å²) in [6.45, 7) is 3.78. The van der Waals surface area contributed by atoms with E-state index < -0.39 is 6.04 Å². The summed E-state index contributed by atoms with van der Waals surface area (Å²) in [7, 11) is 0. The summed E-state index contributed by atoms with van der Waals surface area (Å²) in [6.07, 6.45) is 1.56.